The first kappa shape index (κ1) is 13.2. The SMILES string of the molecule is Cc1cccc(CSc2c(CO)c(C)nn2C)c1. The molecule has 18 heavy (non-hydrogen) atoms. The Morgan fingerprint density at radius 1 is 1.33 bits per heavy atom. The van der Waals surface area contributed by atoms with Crippen LogP contribution < -0.4 is 0 Å². The molecule has 0 bridgehead atoms. The van der Waals surface area contributed by atoms with Crippen LogP contribution in [0, 0.1) is 13.8 Å². The average Bonchev–Trinajstić information content (AvgIpc) is 2.60. The molecule has 0 aliphatic rings. The van der Waals surface area contributed by atoms with Crippen molar-refractivity contribution < 1.29 is 5.11 Å². The average molecular weight is 262 g/mol. The summed E-state index contributed by atoms with van der Waals surface area (Å²) in [6, 6.07) is 8.49. The van der Waals surface area contributed by atoms with Crippen molar-refractivity contribution in [1.82, 2.24) is 9.78 Å². The Morgan fingerprint density at radius 3 is 2.78 bits per heavy atom. The number of aliphatic hydroxyl groups excluding tert-OH is 1. The van der Waals surface area contributed by atoms with Crippen LogP contribution in [0.25, 0.3) is 0 Å². The quantitative estimate of drug-likeness (QED) is 0.861. The van der Waals surface area contributed by atoms with Gasteiger partial charge in [-0.1, -0.05) is 29.8 Å². The molecule has 1 heterocycles. The molecule has 0 radical (unpaired) electrons. The standard InChI is InChI=1S/C14H18N2OS/c1-10-5-4-6-12(7-10)9-18-14-13(8-17)11(2)15-16(14)3/h4-7,17H,8-9H2,1-3H3. The molecule has 0 saturated carbocycles. The van der Waals surface area contributed by atoms with Crippen molar-refractivity contribution in [2.24, 2.45) is 7.05 Å². The summed E-state index contributed by atoms with van der Waals surface area (Å²) in [5, 5.41) is 14.8. The number of rotatable bonds is 4. The first-order valence-corrected chi connectivity index (χ1v) is 6.92. The van der Waals surface area contributed by atoms with E-state index in [1.165, 1.54) is 11.1 Å². The second kappa shape index (κ2) is 5.59. The topological polar surface area (TPSA) is 38.1 Å². The molecule has 1 aromatic carbocycles. The van der Waals surface area contributed by atoms with Gasteiger partial charge in [-0.25, -0.2) is 0 Å². The zero-order chi connectivity index (χ0) is 13.1. The lowest BCUT2D eigenvalue weighted by atomic mass is 10.2. The number of nitrogens with zero attached hydrogens (tertiary/aromatic N) is 2. The summed E-state index contributed by atoms with van der Waals surface area (Å²) in [4.78, 5) is 0. The minimum Gasteiger partial charge on any atom is -0.392 e. The summed E-state index contributed by atoms with van der Waals surface area (Å²) in [6.45, 7) is 4.08. The van der Waals surface area contributed by atoms with Crippen LogP contribution in [0.15, 0.2) is 29.3 Å². The summed E-state index contributed by atoms with van der Waals surface area (Å²) >= 11 is 1.72. The molecule has 96 valence electrons. The molecule has 1 N–H and O–H groups in total. The number of benzene rings is 1. The maximum absolute atomic E-state index is 9.39. The highest BCUT2D eigenvalue weighted by molar-refractivity contribution is 7.98. The molecular weight excluding hydrogens is 244 g/mol. The lowest BCUT2D eigenvalue weighted by molar-refractivity contribution is 0.277. The smallest absolute Gasteiger partial charge is 0.0997 e. The molecule has 0 fully saturated rings. The summed E-state index contributed by atoms with van der Waals surface area (Å²) in [5.74, 6) is 0.896. The van der Waals surface area contributed by atoms with Crippen LogP contribution >= 0.6 is 11.8 Å². The highest BCUT2D eigenvalue weighted by atomic mass is 32.2. The number of hydrogen-bond acceptors (Lipinski definition) is 3. The van der Waals surface area contributed by atoms with E-state index in [4.69, 9.17) is 0 Å². The van der Waals surface area contributed by atoms with E-state index >= 15 is 0 Å². The van der Waals surface area contributed by atoms with Crippen LogP contribution in [0.4, 0.5) is 0 Å². The Bertz CT molecular complexity index is 549. The van der Waals surface area contributed by atoms with Gasteiger partial charge in [-0.05, 0) is 19.4 Å². The predicted molar refractivity (Wildman–Crippen MR) is 74.6 cm³/mol. The molecular formula is C14H18N2OS. The van der Waals surface area contributed by atoms with Gasteiger partial charge in [0.2, 0.25) is 0 Å². The van der Waals surface area contributed by atoms with E-state index in [2.05, 4.69) is 36.3 Å². The summed E-state index contributed by atoms with van der Waals surface area (Å²) < 4.78 is 1.85. The van der Waals surface area contributed by atoms with Gasteiger partial charge in [0.15, 0.2) is 0 Å². The predicted octanol–water partition coefficient (Wildman–Crippen LogP) is 2.82. The number of aliphatic hydroxyl groups is 1. The maximum Gasteiger partial charge on any atom is 0.0997 e. The van der Waals surface area contributed by atoms with E-state index in [1.807, 2.05) is 18.7 Å². The van der Waals surface area contributed by atoms with Crippen molar-refractivity contribution in [3.63, 3.8) is 0 Å². The van der Waals surface area contributed by atoms with Gasteiger partial charge >= 0.3 is 0 Å². The number of aryl methyl sites for hydroxylation is 3. The van der Waals surface area contributed by atoms with Crippen molar-refractivity contribution in [3.8, 4) is 0 Å². The molecule has 0 spiro atoms. The minimum atomic E-state index is 0.0514. The van der Waals surface area contributed by atoms with Gasteiger partial charge in [0.25, 0.3) is 0 Å². The van der Waals surface area contributed by atoms with E-state index in [0.717, 1.165) is 22.0 Å². The molecule has 4 heteroatoms. The van der Waals surface area contributed by atoms with Gasteiger partial charge in [-0.2, -0.15) is 5.10 Å². The molecule has 3 nitrogen and oxygen atoms in total. The summed E-state index contributed by atoms with van der Waals surface area (Å²) in [7, 11) is 1.92. The van der Waals surface area contributed by atoms with Crippen molar-refractivity contribution in [3.05, 3.63) is 46.6 Å². The van der Waals surface area contributed by atoms with Gasteiger partial charge < -0.3 is 5.11 Å². The van der Waals surface area contributed by atoms with Crippen molar-refractivity contribution in [2.75, 3.05) is 0 Å². The Labute approximate surface area is 112 Å². The second-order valence-electron chi connectivity index (χ2n) is 4.43. The van der Waals surface area contributed by atoms with E-state index in [9.17, 15) is 5.11 Å². The Morgan fingerprint density at radius 2 is 2.11 bits per heavy atom. The molecule has 2 aromatic rings. The summed E-state index contributed by atoms with van der Waals surface area (Å²) in [6.07, 6.45) is 0. The lowest BCUT2D eigenvalue weighted by Crippen LogP contribution is -1.94. The van der Waals surface area contributed by atoms with Gasteiger partial charge in [0.05, 0.1) is 17.3 Å². The van der Waals surface area contributed by atoms with E-state index < -0.39 is 0 Å². The molecule has 1 aromatic heterocycles. The van der Waals surface area contributed by atoms with Crippen molar-refractivity contribution >= 4 is 11.8 Å². The normalized spacial score (nSPS) is 10.9. The fourth-order valence-electron chi connectivity index (χ4n) is 2.00. The molecule has 0 saturated heterocycles. The van der Waals surface area contributed by atoms with Gasteiger partial charge in [0.1, 0.15) is 0 Å². The number of aromatic nitrogens is 2. The Balaban J connectivity index is 2.15. The molecule has 0 atom stereocenters. The largest absolute Gasteiger partial charge is 0.392 e. The summed E-state index contributed by atoms with van der Waals surface area (Å²) in [5.41, 5.74) is 4.42. The first-order valence-electron chi connectivity index (χ1n) is 5.93. The van der Waals surface area contributed by atoms with Crippen molar-refractivity contribution in [2.45, 2.75) is 31.2 Å². The lowest BCUT2D eigenvalue weighted by Gasteiger charge is -2.05. The van der Waals surface area contributed by atoms with Gasteiger partial charge in [-0.3, -0.25) is 4.68 Å². The zero-order valence-electron chi connectivity index (χ0n) is 11.0. The van der Waals surface area contributed by atoms with Crippen molar-refractivity contribution in [1.29, 1.82) is 0 Å². The van der Waals surface area contributed by atoms with E-state index in [-0.39, 0.29) is 6.61 Å². The fourth-order valence-corrected chi connectivity index (χ4v) is 3.09. The third-order valence-electron chi connectivity index (χ3n) is 2.90. The van der Waals surface area contributed by atoms with Crippen LogP contribution in [0.3, 0.4) is 0 Å². The molecule has 0 aliphatic heterocycles. The van der Waals surface area contributed by atoms with E-state index in [1.54, 1.807) is 11.8 Å². The molecule has 0 unspecified atom stereocenters. The van der Waals surface area contributed by atoms with Crippen LogP contribution in [-0.2, 0) is 19.4 Å². The third kappa shape index (κ3) is 2.76. The Hall–Kier alpha value is -1.26. The number of hydrogen-bond donors (Lipinski definition) is 1. The number of thioether (sulfide) groups is 1. The first-order chi connectivity index (χ1) is 8.61. The second-order valence-corrected chi connectivity index (χ2v) is 5.39. The maximum atomic E-state index is 9.39. The minimum absolute atomic E-state index is 0.0514. The fraction of sp³-hybridized carbons (Fsp3) is 0.357. The van der Waals surface area contributed by atoms with Gasteiger partial charge in [0, 0.05) is 18.4 Å². The third-order valence-corrected chi connectivity index (χ3v) is 4.17. The molecule has 0 aliphatic carbocycles. The van der Waals surface area contributed by atoms with Crippen LogP contribution in [-0.4, -0.2) is 14.9 Å². The molecule has 2 rings (SSSR count). The Kier molecular flexibility index (Phi) is 4.09. The van der Waals surface area contributed by atoms with Crippen LogP contribution in [0.1, 0.15) is 22.4 Å². The van der Waals surface area contributed by atoms with Crippen LogP contribution in [0.2, 0.25) is 0 Å². The van der Waals surface area contributed by atoms with Gasteiger partial charge in [-0.15, -0.1) is 11.8 Å². The zero-order valence-corrected chi connectivity index (χ0v) is 11.8. The highest BCUT2D eigenvalue weighted by Crippen LogP contribution is 2.28. The monoisotopic (exact) mass is 262 g/mol. The highest BCUT2D eigenvalue weighted by Gasteiger charge is 2.12. The van der Waals surface area contributed by atoms with E-state index in [0.29, 0.717) is 0 Å². The molecule has 0 amide bonds. The van der Waals surface area contributed by atoms with Crippen LogP contribution in [0.5, 0.6) is 0 Å².